The van der Waals surface area contributed by atoms with Gasteiger partial charge in [0, 0.05) is 11.3 Å². The number of benzene rings is 2. The lowest BCUT2D eigenvalue weighted by molar-refractivity contribution is -0.117. The molecule has 23 heavy (non-hydrogen) atoms. The van der Waals surface area contributed by atoms with Crippen LogP contribution in [0.4, 0.5) is 5.69 Å². The lowest BCUT2D eigenvalue weighted by Crippen LogP contribution is -2.41. The molecule has 2 rings (SSSR count). The number of hydrogen-bond donors (Lipinski definition) is 2. The third-order valence-electron chi connectivity index (χ3n) is 3.49. The van der Waals surface area contributed by atoms with E-state index >= 15 is 0 Å². The van der Waals surface area contributed by atoms with Crippen LogP contribution in [0, 0.1) is 6.92 Å². The maximum absolute atomic E-state index is 12.2. The summed E-state index contributed by atoms with van der Waals surface area (Å²) < 4.78 is 5.06. The molecule has 0 bridgehead atoms. The van der Waals surface area contributed by atoms with E-state index in [2.05, 4.69) is 10.6 Å². The topological polar surface area (TPSA) is 67.4 Å². The Morgan fingerprint density at radius 1 is 1.04 bits per heavy atom. The first-order chi connectivity index (χ1) is 11.0. The summed E-state index contributed by atoms with van der Waals surface area (Å²) in [5, 5.41) is 5.46. The van der Waals surface area contributed by atoms with Gasteiger partial charge in [0.05, 0.1) is 7.11 Å². The molecule has 0 radical (unpaired) electrons. The minimum atomic E-state index is -0.649. The number of anilines is 1. The summed E-state index contributed by atoms with van der Waals surface area (Å²) in [6.07, 6.45) is 0. The molecular formula is C18H20N2O3. The van der Waals surface area contributed by atoms with Gasteiger partial charge in [-0.25, -0.2) is 0 Å². The van der Waals surface area contributed by atoms with Crippen LogP contribution in [0.15, 0.2) is 48.5 Å². The Kier molecular flexibility index (Phi) is 5.36. The summed E-state index contributed by atoms with van der Waals surface area (Å²) in [5.74, 6) is 0.168. The van der Waals surface area contributed by atoms with Crippen molar-refractivity contribution in [2.45, 2.75) is 19.9 Å². The largest absolute Gasteiger partial charge is 0.497 e. The minimum Gasteiger partial charge on any atom is -0.497 e. The van der Waals surface area contributed by atoms with Crippen LogP contribution in [-0.4, -0.2) is 25.0 Å². The van der Waals surface area contributed by atoms with E-state index in [0.717, 1.165) is 5.56 Å². The van der Waals surface area contributed by atoms with Crippen molar-refractivity contribution in [3.05, 3.63) is 59.7 Å². The molecule has 0 unspecified atom stereocenters. The van der Waals surface area contributed by atoms with Crippen molar-refractivity contribution < 1.29 is 14.3 Å². The fourth-order valence-electron chi connectivity index (χ4n) is 2.09. The Hall–Kier alpha value is -2.82. The van der Waals surface area contributed by atoms with Gasteiger partial charge in [0.25, 0.3) is 5.91 Å². The molecule has 120 valence electrons. The first-order valence-electron chi connectivity index (χ1n) is 7.32. The van der Waals surface area contributed by atoms with Gasteiger partial charge in [0.2, 0.25) is 5.91 Å². The summed E-state index contributed by atoms with van der Waals surface area (Å²) in [7, 11) is 1.58. The van der Waals surface area contributed by atoms with Gasteiger partial charge in [-0.2, -0.15) is 0 Å². The first kappa shape index (κ1) is 16.5. The predicted octanol–water partition coefficient (Wildman–Crippen LogP) is 2.76. The number of carbonyl (C=O) groups excluding carboxylic acids is 2. The Morgan fingerprint density at radius 3 is 2.30 bits per heavy atom. The number of aryl methyl sites for hydroxylation is 1. The van der Waals surface area contributed by atoms with Crippen molar-refractivity contribution in [2.24, 2.45) is 0 Å². The molecule has 0 aliphatic rings. The highest BCUT2D eigenvalue weighted by atomic mass is 16.5. The monoisotopic (exact) mass is 312 g/mol. The molecule has 2 aromatic rings. The van der Waals surface area contributed by atoms with Crippen molar-refractivity contribution in [2.75, 3.05) is 12.4 Å². The van der Waals surface area contributed by atoms with Gasteiger partial charge in [-0.05, 0) is 49.7 Å². The Labute approximate surface area is 135 Å². The molecule has 5 heteroatoms. The molecule has 0 heterocycles. The molecule has 0 spiro atoms. The second-order valence-corrected chi connectivity index (χ2v) is 5.23. The van der Waals surface area contributed by atoms with Gasteiger partial charge in [0.1, 0.15) is 11.8 Å². The zero-order chi connectivity index (χ0) is 16.8. The van der Waals surface area contributed by atoms with Crippen molar-refractivity contribution in [3.63, 3.8) is 0 Å². The van der Waals surface area contributed by atoms with Crippen LogP contribution < -0.4 is 15.4 Å². The fraction of sp³-hybridized carbons (Fsp3) is 0.222. The number of carbonyl (C=O) groups is 2. The van der Waals surface area contributed by atoms with E-state index in [1.807, 2.05) is 19.1 Å². The highest BCUT2D eigenvalue weighted by Crippen LogP contribution is 2.15. The molecule has 0 fully saturated rings. The van der Waals surface area contributed by atoms with Crippen molar-refractivity contribution in [1.29, 1.82) is 0 Å². The Balaban J connectivity index is 1.96. The molecule has 2 amide bonds. The molecule has 5 nitrogen and oxygen atoms in total. The smallest absolute Gasteiger partial charge is 0.252 e. The van der Waals surface area contributed by atoms with Crippen LogP contribution in [0.25, 0.3) is 0 Å². The lowest BCUT2D eigenvalue weighted by Gasteiger charge is -2.15. The number of methoxy groups -OCH3 is 1. The van der Waals surface area contributed by atoms with Crippen LogP contribution >= 0.6 is 0 Å². The van der Waals surface area contributed by atoms with E-state index in [9.17, 15) is 9.59 Å². The highest BCUT2D eigenvalue weighted by Gasteiger charge is 2.17. The summed E-state index contributed by atoms with van der Waals surface area (Å²) >= 11 is 0. The van der Waals surface area contributed by atoms with Crippen LogP contribution in [0.1, 0.15) is 22.8 Å². The number of nitrogens with one attached hydrogen (secondary N) is 2. The third-order valence-corrected chi connectivity index (χ3v) is 3.49. The van der Waals surface area contributed by atoms with E-state index in [1.54, 1.807) is 50.4 Å². The molecule has 0 saturated carbocycles. The van der Waals surface area contributed by atoms with E-state index < -0.39 is 6.04 Å². The highest BCUT2D eigenvalue weighted by molar-refractivity contribution is 6.01. The first-order valence-corrected chi connectivity index (χ1v) is 7.32. The zero-order valence-electron chi connectivity index (χ0n) is 13.4. The second kappa shape index (κ2) is 7.45. The second-order valence-electron chi connectivity index (χ2n) is 5.23. The third kappa shape index (κ3) is 4.32. The minimum absolute atomic E-state index is 0.263. The number of amides is 2. The van der Waals surface area contributed by atoms with E-state index in [1.165, 1.54) is 0 Å². The average Bonchev–Trinajstić information content (AvgIpc) is 2.55. The van der Waals surface area contributed by atoms with Crippen LogP contribution in [0.3, 0.4) is 0 Å². The molecule has 0 aliphatic heterocycles. The van der Waals surface area contributed by atoms with Crippen molar-refractivity contribution in [3.8, 4) is 5.75 Å². The van der Waals surface area contributed by atoms with Gasteiger partial charge in [0.15, 0.2) is 0 Å². The Morgan fingerprint density at radius 2 is 1.70 bits per heavy atom. The summed E-state index contributed by atoms with van der Waals surface area (Å²) in [4.78, 5) is 24.4. The van der Waals surface area contributed by atoms with E-state index in [0.29, 0.717) is 17.0 Å². The molecule has 1 atom stereocenters. The van der Waals surface area contributed by atoms with Crippen LogP contribution in [0.2, 0.25) is 0 Å². The number of ether oxygens (including phenoxy) is 1. The quantitative estimate of drug-likeness (QED) is 0.892. The standard InChI is InChI=1S/C18H20N2O3/c1-12-6-4-5-7-16(12)18(22)19-13(2)17(21)20-14-8-10-15(23-3)11-9-14/h4-11,13H,1-3H3,(H,19,22)(H,20,21)/t13-/m1/s1. The average molecular weight is 312 g/mol. The lowest BCUT2D eigenvalue weighted by atomic mass is 10.1. The van der Waals surface area contributed by atoms with Gasteiger partial charge >= 0.3 is 0 Å². The van der Waals surface area contributed by atoms with E-state index in [-0.39, 0.29) is 11.8 Å². The number of hydrogen-bond acceptors (Lipinski definition) is 3. The molecule has 0 aliphatic carbocycles. The van der Waals surface area contributed by atoms with Gasteiger partial charge in [-0.3, -0.25) is 9.59 Å². The van der Waals surface area contributed by atoms with Crippen LogP contribution in [0.5, 0.6) is 5.75 Å². The summed E-state index contributed by atoms with van der Waals surface area (Å²) in [6, 6.07) is 13.6. The maximum Gasteiger partial charge on any atom is 0.252 e. The number of rotatable bonds is 5. The van der Waals surface area contributed by atoms with Crippen molar-refractivity contribution in [1.82, 2.24) is 5.32 Å². The van der Waals surface area contributed by atoms with Gasteiger partial charge in [-0.1, -0.05) is 18.2 Å². The zero-order valence-corrected chi connectivity index (χ0v) is 13.4. The predicted molar refractivity (Wildman–Crippen MR) is 89.7 cm³/mol. The van der Waals surface area contributed by atoms with Crippen LogP contribution in [-0.2, 0) is 4.79 Å². The van der Waals surface area contributed by atoms with Crippen molar-refractivity contribution >= 4 is 17.5 Å². The molecular weight excluding hydrogens is 292 g/mol. The maximum atomic E-state index is 12.2. The molecule has 2 N–H and O–H groups in total. The molecule has 2 aromatic carbocycles. The van der Waals surface area contributed by atoms with Gasteiger partial charge < -0.3 is 15.4 Å². The molecule has 0 aromatic heterocycles. The Bertz CT molecular complexity index is 696. The molecule has 0 saturated heterocycles. The fourth-order valence-corrected chi connectivity index (χ4v) is 2.09. The summed E-state index contributed by atoms with van der Waals surface area (Å²) in [5.41, 5.74) is 2.08. The SMILES string of the molecule is COc1ccc(NC(=O)[C@@H](C)NC(=O)c2ccccc2C)cc1. The summed E-state index contributed by atoms with van der Waals surface area (Å²) in [6.45, 7) is 3.51. The van der Waals surface area contributed by atoms with E-state index in [4.69, 9.17) is 4.74 Å². The normalized spacial score (nSPS) is 11.4. The van der Waals surface area contributed by atoms with Gasteiger partial charge in [-0.15, -0.1) is 0 Å².